The fourth-order valence-corrected chi connectivity index (χ4v) is 2.75. The molecule has 3 rings (SSSR count). The second-order valence-electron chi connectivity index (χ2n) is 6.20. The van der Waals surface area contributed by atoms with Crippen LogP contribution in [0.1, 0.15) is 32.5 Å². The Labute approximate surface area is 158 Å². The van der Waals surface area contributed by atoms with Crippen LogP contribution in [0, 0.1) is 12.8 Å². The lowest BCUT2D eigenvalue weighted by molar-refractivity contribution is -0.120. The van der Waals surface area contributed by atoms with Crippen LogP contribution in [-0.4, -0.2) is 25.7 Å². The number of ether oxygens (including phenoxy) is 1. The summed E-state index contributed by atoms with van der Waals surface area (Å²) in [4.78, 5) is 16.3. The van der Waals surface area contributed by atoms with Crippen LogP contribution >= 0.6 is 0 Å². The molecule has 0 saturated carbocycles. The molecule has 0 aliphatic rings. The molecule has 1 amide bonds. The SMILES string of the molecule is CCC(CC)C(=O)Nc1ccc(Oc2ccc(-n3ccnc3C)nn2)cc1. The Morgan fingerprint density at radius 1 is 1.11 bits per heavy atom. The number of benzene rings is 1. The maximum atomic E-state index is 12.1. The Bertz CT molecular complexity index is 883. The molecule has 0 spiro atoms. The van der Waals surface area contributed by atoms with Crippen molar-refractivity contribution in [2.75, 3.05) is 5.32 Å². The summed E-state index contributed by atoms with van der Waals surface area (Å²) in [5, 5.41) is 11.2. The number of rotatable bonds is 7. The van der Waals surface area contributed by atoms with Crippen LogP contribution in [0.25, 0.3) is 5.82 Å². The number of hydrogen-bond acceptors (Lipinski definition) is 5. The third kappa shape index (κ3) is 4.49. The molecule has 0 aliphatic carbocycles. The van der Waals surface area contributed by atoms with E-state index in [0.29, 0.717) is 17.4 Å². The second-order valence-corrected chi connectivity index (χ2v) is 6.20. The highest BCUT2D eigenvalue weighted by Crippen LogP contribution is 2.22. The fourth-order valence-electron chi connectivity index (χ4n) is 2.75. The van der Waals surface area contributed by atoms with Gasteiger partial charge in [0.1, 0.15) is 11.6 Å². The third-order valence-electron chi connectivity index (χ3n) is 4.40. The highest BCUT2D eigenvalue weighted by Gasteiger charge is 2.14. The minimum atomic E-state index is 0.0360. The molecule has 1 aromatic carbocycles. The molecule has 2 heterocycles. The van der Waals surface area contributed by atoms with Crippen molar-refractivity contribution in [3.63, 3.8) is 0 Å². The molecular weight excluding hydrogens is 342 g/mol. The van der Waals surface area contributed by atoms with E-state index in [0.717, 1.165) is 24.4 Å². The van der Waals surface area contributed by atoms with Crippen molar-refractivity contribution in [2.24, 2.45) is 5.92 Å². The van der Waals surface area contributed by atoms with Crippen molar-refractivity contribution in [3.8, 4) is 17.4 Å². The molecule has 0 atom stereocenters. The summed E-state index contributed by atoms with van der Waals surface area (Å²) in [6.45, 7) is 5.94. The van der Waals surface area contributed by atoms with Crippen molar-refractivity contribution in [1.82, 2.24) is 19.7 Å². The van der Waals surface area contributed by atoms with Gasteiger partial charge in [-0.2, -0.15) is 0 Å². The molecule has 7 nitrogen and oxygen atoms in total. The fraction of sp³-hybridized carbons (Fsp3) is 0.300. The van der Waals surface area contributed by atoms with Crippen molar-refractivity contribution in [3.05, 3.63) is 54.6 Å². The maximum Gasteiger partial charge on any atom is 0.238 e. The molecule has 27 heavy (non-hydrogen) atoms. The zero-order valence-electron chi connectivity index (χ0n) is 15.7. The van der Waals surface area contributed by atoms with Gasteiger partial charge in [0.25, 0.3) is 0 Å². The highest BCUT2D eigenvalue weighted by molar-refractivity contribution is 5.92. The number of anilines is 1. The van der Waals surface area contributed by atoms with E-state index in [1.54, 1.807) is 24.4 Å². The highest BCUT2D eigenvalue weighted by atomic mass is 16.5. The second kappa shape index (κ2) is 8.44. The lowest BCUT2D eigenvalue weighted by atomic mass is 10.0. The first-order valence-corrected chi connectivity index (χ1v) is 9.03. The topological polar surface area (TPSA) is 81.9 Å². The van der Waals surface area contributed by atoms with Gasteiger partial charge in [-0.1, -0.05) is 13.8 Å². The van der Waals surface area contributed by atoms with Crippen LogP contribution in [0.2, 0.25) is 0 Å². The van der Waals surface area contributed by atoms with Crippen LogP contribution in [0.5, 0.6) is 11.6 Å². The molecule has 0 bridgehead atoms. The number of carbonyl (C=O) groups is 1. The van der Waals surface area contributed by atoms with Crippen LogP contribution in [0.15, 0.2) is 48.8 Å². The van der Waals surface area contributed by atoms with Crippen molar-refractivity contribution < 1.29 is 9.53 Å². The minimum Gasteiger partial charge on any atom is -0.438 e. The Kier molecular flexibility index (Phi) is 5.80. The van der Waals surface area contributed by atoms with E-state index in [1.165, 1.54) is 0 Å². The molecule has 140 valence electrons. The Morgan fingerprint density at radius 2 is 1.85 bits per heavy atom. The average molecular weight is 365 g/mol. The van der Waals surface area contributed by atoms with Gasteiger partial charge in [-0.25, -0.2) is 4.98 Å². The molecule has 0 saturated heterocycles. The standard InChI is InChI=1S/C20H23N5O2/c1-4-15(5-2)20(26)22-16-6-8-17(9-7-16)27-19-11-10-18(23-24-19)25-13-12-21-14(25)3/h6-13,15H,4-5H2,1-3H3,(H,22,26). The summed E-state index contributed by atoms with van der Waals surface area (Å²) in [6, 6.07) is 10.8. The number of carbonyl (C=O) groups excluding carboxylic acids is 1. The molecule has 0 radical (unpaired) electrons. The number of nitrogens with zero attached hydrogens (tertiary/aromatic N) is 4. The van der Waals surface area contributed by atoms with E-state index in [9.17, 15) is 4.79 Å². The third-order valence-corrected chi connectivity index (χ3v) is 4.40. The number of nitrogens with one attached hydrogen (secondary N) is 1. The van der Waals surface area contributed by atoms with Crippen LogP contribution < -0.4 is 10.1 Å². The monoisotopic (exact) mass is 365 g/mol. The Morgan fingerprint density at radius 3 is 2.41 bits per heavy atom. The molecule has 0 unspecified atom stereocenters. The van der Waals surface area contributed by atoms with Crippen LogP contribution in [-0.2, 0) is 4.79 Å². The summed E-state index contributed by atoms with van der Waals surface area (Å²) in [5.41, 5.74) is 0.747. The number of hydrogen-bond donors (Lipinski definition) is 1. The largest absolute Gasteiger partial charge is 0.438 e. The number of aryl methyl sites for hydroxylation is 1. The van der Waals surface area contributed by atoms with E-state index in [-0.39, 0.29) is 11.8 Å². The molecule has 1 N–H and O–H groups in total. The first-order chi connectivity index (χ1) is 13.1. The zero-order chi connectivity index (χ0) is 19.2. The normalized spacial score (nSPS) is 10.8. The average Bonchev–Trinajstić information content (AvgIpc) is 3.11. The molecular formula is C20H23N5O2. The van der Waals surface area contributed by atoms with Gasteiger partial charge < -0.3 is 10.1 Å². The van der Waals surface area contributed by atoms with Gasteiger partial charge in [-0.15, -0.1) is 10.2 Å². The number of amides is 1. The minimum absolute atomic E-state index is 0.0360. The number of aromatic nitrogens is 4. The van der Waals surface area contributed by atoms with Crippen LogP contribution in [0.4, 0.5) is 5.69 Å². The first-order valence-electron chi connectivity index (χ1n) is 9.03. The molecule has 0 fully saturated rings. The van der Waals surface area contributed by atoms with Gasteiger partial charge in [-0.05, 0) is 50.1 Å². The zero-order valence-corrected chi connectivity index (χ0v) is 15.7. The quantitative estimate of drug-likeness (QED) is 0.680. The van der Waals surface area contributed by atoms with Crippen molar-refractivity contribution >= 4 is 11.6 Å². The van der Waals surface area contributed by atoms with Crippen molar-refractivity contribution in [2.45, 2.75) is 33.6 Å². The first kappa shape index (κ1) is 18.6. The van der Waals surface area contributed by atoms with E-state index in [1.807, 2.05) is 49.7 Å². The van der Waals surface area contributed by atoms with E-state index < -0.39 is 0 Å². The maximum absolute atomic E-state index is 12.1. The van der Waals surface area contributed by atoms with E-state index in [2.05, 4.69) is 20.5 Å². The van der Waals surface area contributed by atoms with Gasteiger partial charge in [0.2, 0.25) is 11.8 Å². The summed E-state index contributed by atoms with van der Waals surface area (Å²) in [7, 11) is 0. The summed E-state index contributed by atoms with van der Waals surface area (Å²) >= 11 is 0. The van der Waals surface area contributed by atoms with Gasteiger partial charge in [0.05, 0.1) is 0 Å². The summed E-state index contributed by atoms with van der Waals surface area (Å²) in [6.07, 6.45) is 5.20. The van der Waals surface area contributed by atoms with Gasteiger partial charge >= 0.3 is 0 Å². The lowest BCUT2D eigenvalue weighted by Crippen LogP contribution is -2.21. The Hall–Kier alpha value is -3.22. The van der Waals surface area contributed by atoms with E-state index in [4.69, 9.17) is 4.74 Å². The van der Waals surface area contributed by atoms with Crippen LogP contribution in [0.3, 0.4) is 0 Å². The van der Waals surface area contributed by atoms with Gasteiger partial charge in [-0.3, -0.25) is 9.36 Å². The summed E-state index contributed by atoms with van der Waals surface area (Å²) in [5.74, 6) is 2.61. The molecule has 2 aromatic heterocycles. The molecule has 3 aromatic rings. The predicted molar refractivity (Wildman–Crippen MR) is 103 cm³/mol. The Balaban J connectivity index is 1.63. The molecule has 0 aliphatic heterocycles. The summed E-state index contributed by atoms with van der Waals surface area (Å²) < 4.78 is 7.56. The number of imidazole rings is 1. The van der Waals surface area contributed by atoms with Gasteiger partial charge in [0, 0.05) is 30.1 Å². The molecule has 7 heteroatoms. The smallest absolute Gasteiger partial charge is 0.238 e. The van der Waals surface area contributed by atoms with Crippen molar-refractivity contribution in [1.29, 1.82) is 0 Å². The van der Waals surface area contributed by atoms with E-state index >= 15 is 0 Å². The van der Waals surface area contributed by atoms with Gasteiger partial charge in [0.15, 0.2) is 5.82 Å². The lowest BCUT2D eigenvalue weighted by Gasteiger charge is -2.13. The predicted octanol–water partition coefficient (Wildman–Crippen LogP) is 4.14.